The van der Waals surface area contributed by atoms with Crippen molar-refractivity contribution in [1.82, 2.24) is 5.32 Å². The standard InChI is InChI=1S/C14H21NOS/c1-11(6-8-16)15-14-10-17-9-7-12-4-2-3-5-13(12)14/h2-5,11,14-16H,6-10H2,1H3/t11-,14?/m1/s1. The van der Waals surface area contributed by atoms with Crippen LogP contribution in [0.1, 0.15) is 30.5 Å². The van der Waals surface area contributed by atoms with E-state index in [1.54, 1.807) is 0 Å². The number of aliphatic hydroxyl groups is 1. The first-order valence-electron chi connectivity index (χ1n) is 6.33. The Morgan fingerprint density at radius 1 is 1.47 bits per heavy atom. The first kappa shape index (κ1) is 12.9. The minimum atomic E-state index is 0.260. The van der Waals surface area contributed by atoms with Crippen LogP contribution in [-0.4, -0.2) is 29.3 Å². The summed E-state index contributed by atoms with van der Waals surface area (Å²) >= 11 is 2.02. The summed E-state index contributed by atoms with van der Waals surface area (Å²) in [4.78, 5) is 0. The lowest BCUT2D eigenvalue weighted by Gasteiger charge is -2.23. The number of aryl methyl sites for hydroxylation is 1. The van der Waals surface area contributed by atoms with Crippen LogP contribution in [0.2, 0.25) is 0 Å². The Morgan fingerprint density at radius 3 is 3.12 bits per heavy atom. The van der Waals surface area contributed by atoms with Crippen LogP contribution in [0.4, 0.5) is 0 Å². The Bertz CT molecular complexity index is 356. The van der Waals surface area contributed by atoms with Gasteiger partial charge in [-0.2, -0.15) is 11.8 Å². The van der Waals surface area contributed by atoms with Crippen molar-refractivity contribution in [3.63, 3.8) is 0 Å². The van der Waals surface area contributed by atoms with Crippen molar-refractivity contribution in [3.8, 4) is 0 Å². The average molecular weight is 251 g/mol. The van der Waals surface area contributed by atoms with Crippen molar-refractivity contribution in [2.75, 3.05) is 18.1 Å². The van der Waals surface area contributed by atoms with Crippen LogP contribution in [0.25, 0.3) is 0 Å². The van der Waals surface area contributed by atoms with Gasteiger partial charge >= 0.3 is 0 Å². The van der Waals surface area contributed by atoms with Gasteiger partial charge in [-0.3, -0.25) is 0 Å². The van der Waals surface area contributed by atoms with E-state index >= 15 is 0 Å². The summed E-state index contributed by atoms with van der Waals surface area (Å²) in [6.07, 6.45) is 2.00. The van der Waals surface area contributed by atoms with Crippen molar-refractivity contribution in [2.45, 2.75) is 31.8 Å². The van der Waals surface area contributed by atoms with Crippen LogP contribution in [0.15, 0.2) is 24.3 Å². The molecule has 1 aromatic rings. The number of fused-ring (bicyclic) bond motifs is 1. The second-order valence-electron chi connectivity index (χ2n) is 4.66. The van der Waals surface area contributed by atoms with E-state index in [1.807, 2.05) is 11.8 Å². The summed E-state index contributed by atoms with van der Waals surface area (Å²) < 4.78 is 0. The maximum Gasteiger partial charge on any atom is 0.0445 e. The molecule has 2 atom stereocenters. The smallest absolute Gasteiger partial charge is 0.0445 e. The van der Waals surface area contributed by atoms with Crippen molar-refractivity contribution >= 4 is 11.8 Å². The first-order chi connectivity index (χ1) is 8.31. The van der Waals surface area contributed by atoms with E-state index < -0.39 is 0 Å². The van der Waals surface area contributed by atoms with Crippen molar-refractivity contribution < 1.29 is 5.11 Å². The molecule has 3 heteroatoms. The fourth-order valence-electron chi connectivity index (χ4n) is 2.33. The van der Waals surface area contributed by atoms with Crippen LogP contribution >= 0.6 is 11.8 Å². The third kappa shape index (κ3) is 3.47. The highest BCUT2D eigenvalue weighted by Gasteiger charge is 2.19. The van der Waals surface area contributed by atoms with Gasteiger partial charge in [-0.05, 0) is 36.6 Å². The average Bonchev–Trinajstić information content (AvgIpc) is 2.53. The topological polar surface area (TPSA) is 32.3 Å². The molecule has 2 N–H and O–H groups in total. The molecule has 0 fully saturated rings. The molecular weight excluding hydrogens is 230 g/mol. The van der Waals surface area contributed by atoms with E-state index in [2.05, 4.69) is 36.5 Å². The molecule has 0 amide bonds. The van der Waals surface area contributed by atoms with Gasteiger partial charge < -0.3 is 10.4 Å². The zero-order valence-electron chi connectivity index (χ0n) is 10.4. The molecule has 2 rings (SSSR count). The van der Waals surface area contributed by atoms with Gasteiger partial charge in [0.05, 0.1) is 0 Å². The minimum Gasteiger partial charge on any atom is -0.396 e. The summed E-state index contributed by atoms with van der Waals surface area (Å²) in [5.74, 6) is 2.34. The van der Waals surface area contributed by atoms with Gasteiger partial charge in [-0.25, -0.2) is 0 Å². The summed E-state index contributed by atoms with van der Waals surface area (Å²) in [7, 11) is 0. The lowest BCUT2D eigenvalue weighted by Crippen LogP contribution is -2.32. The van der Waals surface area contributed by atoms with Gasteiger partial charge in [0.1, 0.15) is 0 Å². The van der Waals surface area contributed by atoms with Gasteiger partial charge in [0.2, 0.25) is 0 Å². The van der Waals surface area contributed by atoms with Gasteiger partial charge in [0, 0.05) is 24.4 Å². The molecule has 0 aliphatic carbocycles. The SMILES string of the molecule is C[C@H](CCO)NC1CSCCc2ccccc21. The molecule has 1 unspecified atom stereocenters. The monoisotopic (exact) mass is 251 g/mol. The van der Waals surface area contributed by atoms with Crippen LogP contribution in [0, 0.1) is 0 Å². The van der Waals surface area contributed by atoms with Crippen molar-refractivity contribution in [1.29, 1.82) is 0 Å². The molecule has 17 heavy (non-hydrogen) atoms. The van der Waals surface area contributed by atoms with Crippen molar-refractivity contribution in [2.24, 2.45) is 0 Å². The fourth-order valence-corrected chi connectivity index (χ4v) is 3.38. The molecule has 0 bridgehead atoms. The maximum absolute atomic E-state index is 8.97. The molecular formula is C14H21NOS. The number of benzene rings is 1. The number of rotatable bonds is 4. The van der Waals surface area contributed by atoms with Gasteiger partial charge in [0.15, 0.2) is 0 Å². The molecule has 0 saturated carbocycles. The van der Waals surface area contributed by atoms with E-state index in [-0.39, 0.29) is 6.61 Å². The van der Waals surface area contributed by atoms with Crippen LogP contribution in [-0.2, 0) is 6.42 Å². The van der Waals surface area contributed by atoms with E-state index in [0.717, 1.165) is 12.2 Å². The number of hydrogen-bond acceptors (Lipinski definition) is 3. The summed E-state index contributed by atoms with van der Waals surface area (Å²) in [6.45, 7) is 2.41. The second kappa shape index (κ2) is 6.43. The second-order valence-corrected chi connectivity index (χ2v) is 5.81. The Kier molecular flexibility index (Phi) is 4.89. The molecule has 0 saturated heterocycles. The highest BCUT2D eigenvalue weighted by molar-refractivity contribution is 7.99. The Hall–Kier alpha value is -0.510. The highest BCUT2D eigenvalue weighted by Crippen LogP contribution is 2.27. The summed E-state index contributed by atoms with van der Waals surface area (Å²) in [6, 6.07) is 9.54. The quantitative estimate of drug-likeness (QED) is 0.862. The number of aliphatic hydroxyl groups excluding tert-OH is 1. The van der Waals surface area contributed by atoms with Crippen molar-refractivity contribution in [3.05, 3.63) is 35.4 Å². The normalized spacial score (nSPS) is 21.6. The zero-order chi connectivity index (χ0) is 12.1. The van der Waals surface area contributed by atoms with Crippen LogP contribution in [0.5, 0.6) is 0 Å². The highest BCUT2D eigenvalue weighted by atomic mass is 32.2. The van der Waals surface area contributed by atoms with Gasteiger partial charge in [0.25, 0.3) is 0 Å². The van der Waals surface area contributed by atoms with E-state index in [9.17, 15) is 0 Å². The predicted molar refractivity (Wildman–Crippen MR) is 74.5 cm³/mol. The van der Waals surface area contributed by atoms with E-state index in [1.165, 1.54) is 23.3 Å². The number of nitrogens with one attached hydrogen (secondary N) is 1. The number of thioether (sulfide) groups is 1. The third-order valence-electron chi connectivity index (χ3n) is 3.28. The zero-order valence-corrected chi connectivity index (χ0v) is 11.2. The summed E-state index contributed by atoms with van der Waals surface area (Å²) in [5, 5.41) is 12.6. The maximum atomic E-state index is 8.97. The molecule has 0 radical (unpaired) electrons. The third-order valence-corrected chi connectivity index (χ3v) is 4.34. The van der Waals surface area contributed by atoms with E-state index in [0.29, 0.717) is 12.1 Å². The summed E-state index contributed by atoms with van der Waals surface area (Å²) in [5.41, 5.74) is 2.92. The fraction of sp³-hybridized carbons (Fsp3) is 0.571. The molecule has 94 valence electrons. The lowest BCUT2D eigenvalue weighted by molar-refractivity contribution is 0.265. The molecule has 2 nitrogen and oxygen atoms in total. The van der Waals surface area contributed by atoms with Crippen LogP contribution < -0.4 is 5.32 Å². The number of hydrogen-bond donors (Lipinski definition) is 2. The Labute approximate surface area is 108 Å². The van der Waals surface area contributed by atoms with Gasteiger partial charge in [-0.15, -0.1) is 0 Å². The van der Waals surface area contributed by atoms with Crippen LogP contribution in [0.3, 0.4) is 0 Å². The molecule has 1 aliphatic heterocycles. The molecule has 1 heterocycles. The lowest BCUT2D eigenvalue weighted by atomic mass is 9.99. The first-order valence-corrected chi connectivity index (χ1v) is 7.49. The largest absolute Gasteiger partial charge is 0.396 e. The predicted octanol–water partition coefficient (Wildman–Crippen LogP) is 2.38. The minimum absolute atomic E-state index is 0.260. The van der Waals surface area contributed by atoms with E-state index in [4.69, 9.17) is 5.11 Å². The Morgan fingerprint density at radius 2 is 2.29 bits per heavy atom. The molecule has 1 aromatic carbocycles. The van der Waals surface area contributed by atoms with Gasteiger partial charge in [-0.1, -0.05) is 24.3 Å². The Balaban J connectivity index is 2.11. The molecule has 1 aliphatic rings. The molecule has 0 aromatic heterocycles. The molecule has 0 spiro atoms.